The summed E-state index contributed by atoms with van der Waals surface area (Å²) < 4.78 is 0. The van der Waals surface area contributed by atoms with Gasteiger partial charge in [0.1, 0.15) is 0 Å². The number of hydrogen-bond donors (Lipinski definition) is 5. The third-order valence-electron chi connectivity index (χ3n) is 4.84. The Morgan fingerprint density at radius 2 is 1.67 bits per heavy atom. The van der Waals surface area contributed by atoms with E-state index in [4.69, 9.17) is 10.2 Å². The van der Waals surface area contributed by atoms with Crippen LogP contribution < -0.4 is 5.32 Å². The van der Waals surface area contributed by atoms with E-state index in [9.17, 15) is 10.2 Å². The smallest absolute Gasteiger partial charge is 0.0920 e. The summed E-state index contributed by atoms with van der Waals surface area (Å²) in [6.45, 7) is 5.59. The summed E-state index contributed by atoms with van der Waals surface area (Å²) in [4.78, 5) is 0. The molecule has 5 atom stereocenters. The molecule has 1 aliphatic carbocycles. The Morgan fingerprint density at radius 3 is 2.11 bits per heavy atom. The summed E-state index contributed by atoms with van der Waals surface area (Å²) in [6.07, 6.45) is 0.437. The van der Waals surface area contributed by atoms with Crippen molar-refractivity contribution in [2.24, 2.45) is 17.8 Å². The number of aliphatic hydroxyl groups is 4. The summed E-state index contributed by atoms with van der Waals surface area (Å²) >= 11 is 0. The minimum absolute atomic E-state index is 0.0161. The fraction of sp³-hybridized carbons (Fsp3) is 1.00. The first-order valence-corrected chi connectivity index (χ1v) is 6.70. The summed E-state index contributed by atoms with van der Waals surface area (Å²) in [5.74, 6) is 0.594. The Labute approximate surface area is 109 Å². The van der Waals surface area contributed by atoms with Gasteiger partial charge in [0.05, 0.1) is 31.5 Å². The third-order valence-corrected chi connectivity index (χ3v) is 4.84. The Balaban J connectivity index is 2.79. The van der Waals surface area contributed by atoms with E-state index in [1.807, 2.05) is 6.92 Å². The van der Waals surface area contributed by atoms with Gasteiger partial charge in [0.25, 0.3) is 0 Å². The Morgan fingerprint density at radius 1 is 1.11 bits per heavy atom. The molecule has 0 bridgehead atoms. The van der Waals surface area contributed by atoms with Gasteiger partial charge < -0.3 is 25.7 Å². The zero-order valence-electron chi connectivity index (χ0n) is 11.5. The minimum Gasteiger partial charge on any atom is -0.395 e. The normalized spacial score (nSPS) is 41.3. The first kappa shape index (κ1) is 15.9. The van der Waals surface area contributed by atoms with Crippen LogP contribution in [0.25, 0.3) is 0 Å². The van der Waals surface area contributed by atoms with Crippen molar-refractivity contribution in [3.05, 3.63) is 0 Å². The SMILES string of the molecule is CC1C(NC(CO)CO)CC(O)(CO)C(C)C1C. The molecule has 0 heterocycles. The largest absolute Gasteiger partial charge is 0.395 e. The first-order chi connectivity index (χ1) is 8.39. The van der Waals surface area contributed by atoms with Crippen molar-refractivity contribution >= 4 is 0 Å². The Kier molecular flexibility index (Phi) is 5.55. The number of aliphatic hydroxyl groups excluding tert-OH is 3. The highest BCUT2D eigenvalue weighted by atomic mass is 16.3. The van der Waals surface area contributed by atoms with E-state index in [-0.39, 0.29) is 43.7 Å². The summed E-state index contributed by atoms with van der Waals surface area (Å²) in [6, 6.07) is -0.390. The van der Waals surface area contributed by atoms with Gasteiger partial charge in [-0.25, -0.2) is 0 Å². The van der Waals surface area contributed by atoms with Crippen molar-refractivity contribution in [1.29, 1.82) is 0 Å². The molecule has 0 aromatic rings. The zero-order valence-corrected chi connectivity index (χ0v) is 11.5. The van der Waals surface area contributed by atoms with E-state index >= 15 is 0 Å². The molecule has 0 aliphatic heterocycles. The molecule has 1 saturated carbocycles. The molecule has 5 unspecified atom stereocenters. The lowest BCUT2D eigenvalue weighted by Crippen LogP contribution is -2.59. The maximum Gasteiger partial charge on any atom is 0.0920 e. The molecule has 108 valence electrons. The molecular weight excluding hydrogens is 234 g/mol. The van der Waals surface area contributed by atoms with Gasteiger partial charge in [-0.15, -0.1) is 0 Å². The fourth-order valence-electron chi connectivity index (χ4n) is 2.95. The minimum atomic E-state index is -1.08. The molecule has 0 saturated heterocycles. The predicted octanol–water partition coefficient (Wildman–Crippen LogP) is -0.667. The maximum absolute atomic E-state index is 10.5. The van der Waals surface area contributed by atoms with Gasteiger partial charge in [0.15, 0.2) is 0 Å². The van der Waals surface area contributed by atoms with Crippen molar-refractivity contribution in [3.63, 3.8) is 0 Å². The van der Waals surface area contributed by atoms with Crippen molar-refractivity contribution in [1.82, 2.24) is 5.32 Å². The van der Waals surface area contributed by atoms with Crippen molar-refractivity contribution in [2.75, 3.05) is 19.8 Å². The average Bonchev–Trinajstić information content (AvgIpc) is 2.39. The number of nitrogens with one attached hydrogen (secondary N) is 1. The van der Waals surface area contributed by atoms with Crippen LogP contribution in [0.1, 0.15) is 27.2 Å². The maximum atomic E-state index is 10.5. The van der Waals surface area contributed by atoms with Gasteiger partial charge in [-0.05, 0) is 24.2 Å². The molecule has 1 fully saturated rings. The van der Waals surface area contributed by atoms with Crippen molar-refractivity contribution in [3.8, 4) is 0 Å². The predicted molar refractivity (Wildman–Crippen MR) is 69.0 cm³/mol. The fourth-order valence-corrected chi connectivity index (χ4v) is 2.95. The summed E-state index contributed by atoms with van der Waals surface area (Å²) in [5.41, 5.74) is -1.08. The first-order valence-electron chi connectivity index (χ1n) is 6.70. The second-order valence-corrected chi connectivity index (χ2v) is 5.81. The third kappa shape index (κ3) is 3.03. The van der Waals surface area contributed by atoms with Gasteiger partial charge in [0.2, 0.25) is 0 Å². The van der Waals surface area contributed by atoms with Crippen molar-refractivity contribution in [2.45, 2.75) is 44.9 Å². The molecule has 0 aromatic carbocycles. The van der Waals surface area contributed by atoms with Crippen molar-refractivity contribution < 1.29 is 20.4 Å². The van der Waals surface area contributed by atoms with Gasteiger partial charge in [-0.3, -0.25) is 0 Å². The van der Waals surface area contributed by atoms with E-state index < -0.39 is 5.60 Å². The van der Waals surface area contributed by atoms with Gasteiger partial charge in [-0.2, -0.15) is 0 Å². The highest BCUT2D eigenvalue weighted by Gasteiger charge is 2.47. The molecule has 0 spiro atoms. The number of hydrogen-bond acceptors (Lipinski definition) is 5. The molecule has 0 amide bonds. The zero-order chi connectivity index (χ0) is 13.9. The van der Waals surface area contributed by atoms with E-state index in [0.29, 0.717) is 12.3 Å². The lowest BCUT2D eigenvalue weighted by molar-refractivity contribution is -0.122. The van der Waals surface area contributed by atoms with Gasteiger partial charge >= 0.3 is 0 Å². The lowest BCUT2D eigenvalue weighted by atomic mass is 9.64. The summed E-state index contributed by atoms with van der Waals surface area (Å²) in [7, 11) is 0. The summed E-state index contributed by atoms with van der Waals surface area (Å²) in [5, 5.41) is 41.3. The van der Waals surface area contributed by atoms with E-state index in [0.717, 1.165) is 0 Å². The Hall–Kier alpha value is -0.200. The van der Waals surface area contributed by atoms with E-state index in [1.165, 1.54) is 0 Å². The van der Waals surface area contributed by atoms with Gasteiger partial charge in [0, 0.05) is 6.04 Å². The van der Waals surface area contributed by atoms with E-state index in [2.05, 4.69) is 19.2 Å². The van der Waals surface area contributed by atoms with Crippen LogP contribution in [0.4, 0.5) is 0 Å². The highest BCUT2D eigenvalue weighted by Crippen LogP contribution is 2.41. The molecule has 5 heteroatoms. The van der Waals surface area contributed by atoms with Crippen LogP contribution in [0, 0.1) is 17.8 Å². The standard InChI is InChI=1S/C13H27NO4/c1-8-9(2)12(14-11(5-15)6-16)4-13(18,7-17)10(8)3/h8-12,14-18H,4-7H2,1-3H3. The second kappa shape index (κ2) is 6.30. The van der Waals surface area contributed by atoms with Crippen LogP contribution in [0.5, 0.6) is 0 Å². The van der Waals surface area contributed by atoms with Crippen LogP contribution in [0.15, 0.2) is 0 Å². The monoisotopic (exact) mass is 261 g/mol. The highest BCUT2D eigenvalue weighted by molar-refractivity contribution is 5.00. The topological polar surface area (TPSA) is 93.0 Å². The molecule has 0 aromatic heterocycles. The molecule has 5 N–H and O–H groups in total. The van der Waals surface area contributed by atoms with Crippen LogP contribution in [-0.2, 0) is 0 Å². The number of rotatable bonds is 5. The molecule has 5 nitrogen and oxygen atoms in total. The molecule has 1 rings (SSSR count). The van der Waals surface area contributed by atoms with Crippen LogP contribution in [0.2, 0.25) is 0 Å². The lowest BCUT2D eigenvalue weighted by Gasteiger charge is -2.49. The van der Waals surface area contributed by atoms with E-state index in [1.54, 1.807) is 0 Å². The molecule has 0 radical (unpaired) electrons. The molecule has 1 aliphatic rings. The van der Waals surface area contributed by atoms with Crippen LogP contribution in [0.3, 0.4) is 0 Å². The van der Waals surface area contributed by atoms with Gasteiger partial charge in [-0.1, -0.05) is 20.8 Å². The quantitative estimate of drug-likeness (QED) is 0.453. The van der Waals surface area contributed by atoms with Crippen LogP contribution >= 0.6 is 0 Å². The second-order valence-electron chi connectivity index (χ2n) is 5.81. The Bertz CT molecular complexity index is 259. The molecular formula is C13H27NO4. The van der Waals surface area contributed by atoms with Crippen LogP contribution in [-0.4, -0.2) is 57.9 Å². The molecule has 18 heavy (non-hydrogen) atoms. The average molecular weight is 261 g/mol.